The van der Waals surface area contributed by atoms with Gasteiger partial charge in [0.1, 0.15) is 0 Å². The molecular formula is C22H24ClN3O2. The number of carbonyl (C=O) groups is 2. The summed E-state index contributed by atoms with van der Waals surface area (Å²) in [5.74, 6) is 0.149. The smallest absolute Gasteiger partial charge is 0.254 e. The summed E-state index contributed by atoms with van der Waals surface area (Å²) in [5.41, 5.74) is 3.73. The number of rotatable bonds is 3. The Balaban J connectivity index is 1.60. The van der Waals surface area contributed by atoms with E-state index in [-0.39, 0.29) is 17.9 Å². The van der Waals surface area contributed by atoms with E-state index in [1.165, 1.54) is 0 Å². The molecule has 1 fully saturated rings. The molecule has 0 saturated carbocycles. The number of halogens is 1. The molecule has 2 aromatic rings. The minimum atomic E-state index is -0.0497. The lowest BCUT2D eigenvalue weighted by atomic mass is 10.0. The number of nitrogens with zero attached hydrogens (tertiary/aromatic N) is 2. The number of nitrogens with one attached hydrogen (secondary N) is 1. The van der Waals surface area contributed by atoms with Crippen LogP contribution in [-0.2, 0) is 11.2 Å². The lowest BCUT2D eigenvalue weighted by Crippen LogP contribution is -2.48. The second-order valence-corrected chi connectivity index (χ2v) is 7.70. The third kappa shape index (κ3) is 3.52. The van der Waals surface area contributed by atoms with Crippen LogP contribution in [0.5, 0.6) is 0 Å². The maximum absolute atomic E-state index is 13.3. The van der Waals surface area contributed by atoms with Crippen LogP contribution in [0.4, 0.5) is 5.69 Å². The van der Waals surface area contributed by atoms with E-state index in [2.05, 4.69) is 5.32 Å². The van der Waals surface area contributed by atoms with Gasteiger partial charge in [-0.2, -0.15) is 0 Å². The Bertz CT molecular complexity index is 914. The van der Waals surface area contributed by atoms with E-state index < -0.39 is 0 Å². The van der Waals surface area contributed by atoms with Gasteiger partial charge in [-0.1, -0.05) is 30.7 Å². The average molecular weight is 398 g/mol. The van der Waals surface area contributed by atoms with E-state index in [1.807, 2.05) is 59.2 Å². The van der Waals surface area contributed by atoms with Crippen LogP contribution in [0.15, 0.2) is 42.5 Å². The topological polar surface area (TPSA) is 52.7 Å². The minimum Gasteiger partial charge on any atom is -0.329 e. The quantitative estimate of drug-likeness (QED) is 0.863. The zero-order valence-electron chi connectivity index (χ0n) is 16.0. The lowest BCUT2D eigenvalue weighted by molar-refractivity contribution is -0.118. The zero-order valence-corrected chi connectivity index (χ0v) is 16.7. The molecule has 0 bridgehead atoms. The number of carbonyl (C=O) groups excluding carboxylic acids is 2. The van der Waals surface area contributed by atoms with Gasteiger partial charge in [-0.3, -0.25) is 9.59 Å². The van der Waals surface area contributed by atoms with E-state index in [0.717, 1.165) is 29.8 Å². The molecule has 1 unspecified atom stereocenters. The highest BCUT2D eigenvalue weighted by molar-refractivity contribution is 6.30. The highest BCUT2D eigenvalue weighted by atomic mass is 35.5. The van der Waals surface area contributed by atoms with Crippen molar-refractivity contribution in [2.75, 3.05) is 31.1 Å². The molecule has 2 heterocycles. The molecule has 4 rings (SSSR count). The van der Waals surface area contributed by atoms with Crippen molar-refractivity contribution < 1.29 is 9.59 Å². The number of fused-ring (bicyclic) bond motifs is 1. The maximum Gasteiger partial charge on any atom is 0.254 e. The van der Waals surface area contributed by atoms with Gasteiger partial charge < -0.3 is 15.1 Å². The van der Waals surface area contributed by atoms with Crippen molar-refractivity contribution in [1.29, 1.82) is 0 Å². The summed E-state index contributed by atoms with van der Waals surface area (Å²) in [6, 6.07) is 13.4. The highest BCUT2D eigenvalue weighted by Gasteiger charge is 2.30. The summed E-state index contributed by atoms with van der Waals surface area (Å²) in [6.45, 7) is 4.69. The van der Waals surface area contributed by atoms with Gasteiger partial charge in [0, 0.05) is 48.9 Å². The standard InChI is InChI=1S/C22H24ClN3O2/c1-2-21(27)25-10-8-16-12-17(6-7-19(16)25)22(28)26-11-9-24-14-20(26)15-4-3-5-18(23)13-15/h3-7,12-13,20,24H,2,8-11,14H2,1H3. The number of anilines is 1. The van der Waals surface area contributed by atoms with Crippen LogP contribution in [0.25, 0.3) is 0 Å². The Morgan fingerprint density at radius 2 is 2.04 bits per heavy atom. The molecule has 1 atom stereocenters. The van der Waals surface area contributed by atoms with Crippen LogP contribution in [0.1, 0.15) is 40.9 Å². The molecule has 28 heavy (non-hydrogen) atoms. The van der Waals surface area contributed by atoms with Crippen molar-refractivity contribution in [3.05, 3.63) is 64.2 Å². The van der Waals surface area contributed by atoms with Gasteiger partial charge in [-0.15, -0.1) is 0 Å². The third-order valence-corrected chi connectivity index (χ3v) is 5.80. The van der Waals surface area contributed by atoms with Gasteiger partial charge in [0.15, 0.2) is 0 Å². The van der Waals surface area contributed by atoms with Gasteiger partial charge in [0.2, 0.25) is 5.91 Å². The predicted molar refractivity (Wildman–Crippen MR) is 111 cm³/mol. The lowest BCUT2D eigenvalue weighted by Gasteiger charge is -2.36. The second-order valence-electron chi connectivity index (χ2n) is 7.27. The molecule has 0 aromatic heterocycles. The van der Waals surface area contributed by atoms with Crippen LogP contribution in [0, 0.1) is 0 Å². The molecule has 2 aliphatic rings. The Morgan fingerprint density at radius 3 is 2.82 bits per heavy atom. The van der Waals surface area contributed by atoms with E-state index >= 15 is 0 Å². The maximum atomic E-state index is 13.3. The number of amides is 2. The van der Waals surface area contributed by atoms with Gasteiger partial charge in [0.05, 0.1) is 6.04 Å². The Morgan fingerprint density at radius 1 is 1.18 bits per heavy atom. The number of piperazine rings is 1. The first kappa shape index (κ1) is 19.0. The fourth-order valence-corrected chi connectivity index (χ4v) is 4.31. The molecule has 2 amide bonds. The molecule has 2 aliphatic heterocycles. The third-order valence-electron chi connectivity index (χ3n) is 5.56. The Kier molecular flexibility index (Phi) is 5.38. The van der Waals surface area contributed by atoms with Crippen molar-refractivity contribution in [1.82, 2.24) is 10.2 Å². The number of benzene rings is 2. The predicted octanol–water partition coefficient (Wildman–Crippen LogP) is 3.43. The average Bonchev–Trinajstić information content (AvgIpc) is 3.16. The zero-order chi connectivity index (χ0) is 19.7. The molecule has 5 nitrogen and oxygen atoms in total. The molecule has 6 heteroatoms. The van der Waals surface area contributed by atoms with Gasteiger partial charge in [-0.25, -0.2) is 0 Å². The summed E-state index contributed by atoms with van der Waals surface area (Å²) >= 11 is 6.17. The number of hydrogen-bond acceptors (Lipinski definition) is 3. The first-order valence-corrected chi connectivity index (χ1v) is 10.2. The Hall–Kier alpha value is -2.37. The fourth-order valence-electron chi connectivity index (χ4n) is 4.11. The largest absolute Gasteiger partial charge is 0.329 e. The molecule has 1 N–H and O–H groups in total. The van der Waals surface area contributed by atoms with E-state index in [0.29, 0.717) is 36.6 Å². The Labute approximate surface area is 170 Å². The SMILES string of the molecule is CCC(=O)N1CCc2cc(C(=O)N3CCNCC3c3cccc(Cl)c3)ccc21. The molecule has 1 saturated heterocycles. The molecule has 0 aliphatic carbocycles. The first-order valence-electron chi connectivity index (χ1n) is 9.79. The summed E-state index contributed by atoms with van der Waals surface area (Å²) in [6.07, 6.45) is 1.28. The van der Waals surface area contributed by atoms with Crippen molar-refractivity contribution in [2.24, 2.45) is 0 Å². The monoisotopic (exact) mass is 397 g/mol. The van der Waals surface area contributed by atoms with Crippen molar-refractivity contribution in [3.63, 3.8) is 0 Å². The van der Waals surface area contributed by atoms with Crippen LogP contribution in [0.3, 0.4) is 0 Å². The van der Waals surface area contributed by atoms with Crippen LogP contribution < -0.4 is 10.2 Å². The molecule has 0 spiro atoms. The molecular weight excluding hydrogens is 374 g/mol. The van der Waals surface area contributed by atoms with Crippen LogP contribution in [0.2, 0.25) is 5.02 Å². The van der Waals surface area contributed by atoms with Gasteiger partial charge >= 0.3 is 0 Å². The van der Waals surface area contributed by atoms with E-state index in [1.54, 1.807) is 0 Å². The summed E-state index contributed by atoms with van der Waals surface area (Å²) in [7, 11) is 0. The number of hydrogen-bond donors (Lipinski definition) is 1. The van der Waals surface area contributed by atoms with Crippen LogP contribution in [-0.4, -0.2) is 42.9 Å². The molecule has 2 aromatic carbocycles. The van der Waals surface area contributed by atoms with Crippen molar-refractivity contribution in [2.45, 2.75) is 25.8 Å². The summed E-state index contributed by atoms with van der Waals surface area (Å²) in [5, 5.41) is 4.05. The molecule has 146 valence electrons. The van der Waals surface area contributed by atoms with Crippen LogP contribution >= 0.6 is 11.6 Å². The van der Waals surface area contributed by atoms with Crippen molar-refractivity contribution >= 4 is 29.1 Å². The fraction of sp³-hybridized carbons (Fsp3) is 0.364. The minimum absolute atomic E-state index is 0.0227. The van der Waals surface area contributed by atoms with E-state index in [4.69, 9.17) is 11.6 Å². The highest BCUT2D eigenvalue weighted by Crippen LogP contribution is 2.31. The van der Waals surface area contributed by atoms with E-state index in [9.17, 15) is 9.59 Å². The molecule has 0 radical (unpaired) electrons. The summed E-state index contributed by atoms with van der Waals surface area (Å²) in [4.78, 5) is 29.2. The van der Waals surface area contributed by atoms with Gasteiger partial charge in [-0.05, 0) is 47.9 Å². The normalized spacial score (nSPS) is 18.9. The van der Waals surface area contributed by atoms with Gasteiger partial charge in [0.25, 0.3) is 5.91 Å². The second kappa shape index (κ2) is 7.94. The first-order chi connectivity index (χ1) is 13.6. The van der Waals surface area contributed by atoms with Crippen molar-refractivity contribution in [3.8, 4) is 0 Å². The summed E-state index contributed by atoms with van der Waals surface area (Å²) < 4.78 is 0.